The molecular weight excluding hydrogens is 394 g/mol. The van der Waals surface area contributed by atoms with Gasteiger partial charge in [0.15, 0.2) is 5.78 Å². The molecule has 0 N–H and O–H groups in total. The molecule has 31 heavy (non-hydrogen) atoms. The van der Waals surface area contributed by atoms with Crippen LogP contribution in [-0.4, -0.2) is 24.8 Å². The molecule has 3 aromatic carbocycles. The number of carbonyl (C=O) groups excluding carboxylic acids is 1. The zero-order valence-corrected chi connectivity index (χ0v) is 19.7. The highest BCUT2D eigenvalue weighted by Crippen LogP contribution is 2.41. The van der Waals surface area contributed by atoms with Crippen molar-refractivity contribution in [1.82, 2.24) is 4.90 Å². The Hall–Kier alpha value is -2.91. The zero-order valence-electron chi connectivity index (χ0n) is 18.7. The molecule has 0 saturated heterocycles. The molecule has 1 atom stereocenters. The minimum absolute atomic E-state index is 0.163. The van der Waals surface area contributed by atoms with E-state index < -0.39 is 8.07 Å². The molecule has 3 heteroatoms. The van der Waals surface area contributed by atoms with Crippen molar-refractivity contribution >= 4 is 19.6 Å². The predicted molar refractivity (Wildman–Crippen MR) is 133 cm³/mol. The lowest BCUT2D eigenvalue weighted by atomic mass is 9.97. The fraction of sp³-hybridized carbons (Fsp3) is 0.250. The van der Waals surface area contributed by atoms with E-state index >= 15 is 0 Å². The Balaban J connectivity index is 1.82. The Morgan fingerprint density at radius 3 is 1.97 bits per heavy atom. The van der Waals surface area contributed by atoms with Crippen molar-refractivity contribution in [3.8, 4) is 0 Å². The number of benzene rings is 3. The maximum Gasteiger partial charge on any atom is 0.191 e. The average molecular weight is 426 g/mol. The van der Waals surface area contributed by atoms with Crippen LogP contribution in [0.25, 0.3) is 5.70 Å². The van der Waals surface area contributed by atoms with E-state index in [0.717, 1.165) is 35.4 Å². The molecule has 3 aromatic rings. The summed E-state index contributed by atoms with van der Waals surface area (Å²) in [6, 6.07) is 32.3. The molecule has 1 unspecified atom stereocenters. The van der Waals surface area contributed by atoms with Crippen LogP contribution in [0.5, 0.6) is 0 Å². The number of carbonyl (C=O) groups is 1. The molecule has 1 aliphatic heterocycles. The van der Waals surface area contributed by atoms with Gasteiger partial charge in [0.25, 0.3) is 0 Å². The zero-order chi connectivity index (χ0) is 21.8. The van der Waals surface area contributed by atoms with Crippen molar-refractivity contribution in [1.29, 1.82) is 0 Å². The highest BCUT2D eigenvalue weighted by Gasteiger charge is 2.37. The van der Waals surface area contributed by atoms with Crippen molar-refractivity contribution in [3.63, 3.8) is 0 Å². The Morgan fingerprint density at radius 1 is 0.839 bits per heavy atom. The second kappa shape index (κ2) is 9.07. The molecule has 0 saturated carbocycles. The van der Waals surface area contributed by atoms with E-state index in [0.29, 0.717) is 6.04 Å². The Bertz CT molecular complexity index is 1050. The summed E-state index contributed by atoms with van der Waals surface area (Å²) in [6.45, 7) is 8.10. The monoisotopic (exact) mass is 425 g/mol. The standard InChI is InChI=1S/C28H31NOSi/c1-31(2,3)21-25-19-26(28(30)24-17-11-6-12-18-24)27(23-15-9-5-10-16-23)29(25)20-22-13-7-4-8-14-22/h4-18,25H,19-21H2,1-3H3. The topological polar surface area (TPSA) is 20.3 Å². The van der Waals surface area contributed by atoms with E-state index in [9.17, 15) is 4.79 Å². The molecule has 1 aliphatic rings. The number of hydrogen-bond acceptors (Lipinski definition) is 2. The second-order valence-electron chi connectivity index (χ2n) is 9.62. The van der Waals surface area contributed by atoms with E-state index in [2.05, 4.69) is 79.1 Å². The summed E-state index contributed by atoms with van der Waals surface area (Å²) in [6.07, 6.45) is 0.815. The minimum Gasteiger partial charge on any atom is -0.363 e. The van der Waals surface area contributed by atoms with E-state index in [1.807, 2.05) is 36.4 Å². The van der Waals surface area contributed by atoms with Gasteiger partial charge in [-0.25, -0.2) is 0 Å². The van der Waals surface area contributed by atoms with Gasteiger partial charge in [-0.15, -0.1) is 0 Å². The first-order valence-corrected chi connectivity index (χ1v) is 14.8. The molecule has 0 amide bonds. The van der Waals surface area contributed by atoms with Crippen LogP contribution in [0.2, 0.25) is 25.7 Å². The van der Waals surface area contributed by atoms with Crippen LogP contribution in [0.4, 0.5) is 0 Å². The maximum atomic E-state index is 13.7. The van der Waals surface area contributed by atoms with E-state index in [-0.39, 0.29) is 5.78 Å². The van der Waals surface area contributed by atoms with Gasteiger partial charge >= 0.3 is 0 Å². The number of ketones is 1. The summed E-state index contributed by atoms with van der Waals surface area (Å²) in [5, 5.41) is 0. The van der Waals surface area contributed by atoms with E-state index in [1.54, 1.807) is 0 Å². The van der Waals surface area contributed by atoms with Gasteiger partial charge in [0, 0.05) is 31.8 Å². The quantitative estimate of drug-likeness (QED) is 0.303. The molecule has 0 radical (unpaired) electrons. The van der Waals surface area contributed by atoms with Gasteiger partial charge < -0.3 is 4.90 Å². The minimum atomic E-state index is -1.34. The molecule has 0 aliphatic carbocycles. The third kappa shape index (κ3) is 5.05. The summed E-state index contributed by atoms with van der Waals surface area (Å²) < 4.78 is 0. The van der Waals surface area contributed by atoms with Crippen LogP contribution < -0.4 is 0 Å². The second-order valence-corrected chi connectivity index (χ2v) is 15.2. The highest BCUT2D eigenvalue weighted by molar-refractivity contribution is 6.76. The van der Waals surface area contributed by atoms with Crippen molar-refractivity contribution < 1.29 is 4.79 Å². The highest BCUT2D eigenvalue weighted by atomic mass is 28.3. The van der Waals surface area contributed by atoms with Gasteiger partial charge in [-0.05, 0) is 23.6 Å². The van der Waals surface area contributed by atoms with Crippen LogP contribution in [0.15, 0.2) is 96.6 Å². The first kappa shape index (κ1) is 21.3. The van der Waals surface area contributed by atoms with Crippen molar-refractivity contribution in [2.75, 3.05) is 0 Å². The van der Waals surface area contributed by atoms with Crippen LogP contribution in [-0.2, 0) is 6.54 Å². The first-order chi connectivity index (χ1) is 14.9. The fourth-order valence-corrected chi connectivity index (χ4v) is 6.35. The van der Waals surface area contributed by atoms with Crippen LogP contribution in [0.3, 0.4) is 0 Å². The van der Waals surface area contributed by atoms with Gasteiger partial charge in [0.05, 0.1) is 5.70 Å². The van der Waals surface area contributed by atoms with Gasteiger partial charge in [0.1, 0.15) is 0 Å². The summed E-state index contributed by atoms with van der Waals surface area (Å²) in [5.74, 6) is 0.163. The Morgan fingerprint density at radius 2 is 1.39 bits per heavy atom. The average Bonchev–Trinajstić information content (AvgIpc) is 3.11. The van der Waals surface area contributed by atoms with Crippen LogP contribution >= 0.6 is 0 Å². The summed E-state index contributed by atoms with van der Waals surface area (Å²) in [7, 11) is -1.34. The smallest absolute Gasteiger partial charge is 0.191 e. The van der Waals surface area contributed by atoms with E-state index in [4.69, 9.17) is 0 Å². The normalized spacial score (nSPS) is 16.6. The third-order valence-corrected chi connectivity index (χ3v) is 7.55. The maximum absolute atomic E-state index is 13.7. The molecule has 158 valence electrons. The van der Waals surface area contributed by atoms with Crippen molar-refractivity contribution in [2.24, 2.45) is 0 Å². The molecule has 4 rings (SSSR count). The molecule has 0 aromatic heterocycles. The number of hydrogen-bond donors (Lipinski definition) is 0. The van der Waals surface area contributed by atoms with Crippen molar-refractivity contribution in [2.45, 2.75) is 44.7 Å². The molecule has 0 spiro atoms. The fourth-order valence-electron chi connectivity index (χ4n) is 4.58. The summed E-state index contributed by atoms with van der Waals surface area (Å²) >= 11 is 0. The van der Waals surface area contributed by atoms with Gasteiger partial charge in [-0.1, -0.05) is 111 Å². The summed E-state index contributed by atoms with van der Waals surface area (Å²) in [5.41, 5.74) is 5.26. The SMILES string of the molecule is C[Si](C)(C)CC1CC(C(=O)c2ccccc2)=C(c2ccccc2)N1Cc1ccccc1. The first-order valence-electron chi connectivity index (χ1n) is 11.1. The molecule has 2 nitrogen and oxygen atoms in total. The molecule has 1 heterocycles. The molecule has 0 bridgehead atoms. The van der Waals surface area contributed by atoms with Crippen LogP contribution in [0, 0.1) is 0 Å². The van der Waals surface area contributed by atoms with Gasteiger partial charge in [0.2, 0.25) is 0 Å². The Kier molecular flexibility index (Phi) is 6.24. The Labute approximate surface area is 187 Å². The largest absolute Gasteiger partial charge is 0.363 e. The third-order valence-electron chi connectivity index (χ3n) is 5.85. The molecular formula is C28H31NOSi. The number of rotatable bonds is 7. The lowest BCUT2D eigenvalue weighted by Crippen LogP contribution is -2.36. The lowest BCUT2D eigenvalue weighted by Gasteiger charge is -2.33. The summed E-state index contributed by atoms with van der Waals surface area (Å²) in [4.78, 5) is 16.2. The lowest BCUT2D eigenvalue weighted by molar-refractivity contribution is 0.103. The van der Waals surface area contributed by atoms with Gasteiger partial charge in [-0.3, -0.25) is 4.79 Å². The number of Topliss-reactive ketones (excluding diaryl/α,β-unsaturated/α-hetero) is 1. The van der Waals surface area contributed by atoms with E-state index in [1.165, 1.54) is 11.6 Å². The number of nitrogens with zero attached hydrogens (tertiary/aromatic N) is 1. The molecule has 0 fully saturated rings. The van der Waals surface area contributed by atoms with Gasteiger partial charge in [-0.2, -0.15) is 0 Å². The van der Waals surface area contributed by atoms with Crippen LogP contribution in [0.1, 0.15) is 27.9 Å². The van der Waals surface area contributed by atoms with Crippen molar-refractivity contribution in [3.05, 3.63) is 113 Å². The predicted octanol–water partition coefficient (Wildman–Crippen LogP) is 6.89.